The number of carbonyl (C=O) groups excluding carboxylic acids is 1. The molecule has 0 aromatic carbocycles. The zero-order valence-corrected chi connectivity index (χ0v) is 11.9. The maximum Gasteiger partial charge on any atom is 0.316 e. The van der Waals surface area contributed by atoms with Crippen LogP contribution in [-0.4, -0.2) is 22.3 Å². The number of pyridine rings is 1. The second-order valence-corrected chi connectivity index (χ2v) is 6.05. The van der Waals surface area contributed by atoms with E-state index in [1.165, 1.54) is 11.8 Å². The minimum atomic E-state index is -0.423. The smallest absolute Gasteiger partial charge is 0.316 e. The Balaban J connectivity index is 2.47. The highest BCUT2D eigenvalue weighted by atomic mass is 79.9. The first kappa shape index (κ1) is 13.5. The van der Waals surface area contributed by atoms with E-state index >= 15 is 0 Å². The topological polar surface area (TPSA) is 39.2 Å². The molecule has 0 aliphatic heterocycles. The maximum absolute atomic E-state index is 11.5. The Bertz CT molecular complexity index is 376. The molecule has 0 fully saturated rings. The van der Waals surface area contributed by atoms with E-state index in [1.54, 1.807) is 12.4 Å². The van der Waals surface area contributed by atoms with Crippen molar-refractivity contribution in [2.45, 2.75) is 31.3 Å². The fourth-order valence-electron chi connectivity index (χ4n) is 0.987. The Kier molecular flexibility index (Phi) is 4.80. The monoisotopic (exact) mass is 303 g/mol. The van der Waals surface area contributed by atoms with Crippen LogP contribution in [0, 0.1) is 0 Å². The van der Waals surface area contributed by atoms with Crippen LogP contribution in [0.5, 0.6) is 0 Å². The fraction of sp³-hybridized carbons (Fsp3) is 0.455. The molecule has 0 aliphatic carbocycles. The Labute approximate surface area is 108 Å². The van der Waals surface area contributed by atoms with E-state index in [0.717, 1.165) is 9.37 Å². The average molecular weight is 304 g/mol. The fourth-order valence-corrected chi connectivity index (χ4v) is 2.26. The van der Waals surface area contributed by atoms with Gasteiger partial charge in [0.2, 0.25) is 0 Å². The van der Waals surface area contributed by atoms with E-state index in [2.05, 4.69) is 20.9 Å². The first-order chi connectivity index (χ1) is 7.38. The summed E-state index contributed by atoms with van der Waals surface area (Å²) in [6.07, 6.45) is 3.40. The molecular weight excluding hydrogens is 290 g/mol. The molecule has 1 rings (SSSR count). The van der Waals surface area contributed by atoms with E-state index in [0.29, 0.717) is 5.75 Å². The molecule has 1 aromatic heterocycles. The van der Waals surface area contributed by atoms with Crippen molar-refractivity contribution in [3.63, 3.8) is 0 Å². The lowest BCUT2D eigenvalue weighted by molar-refractivity contribution is -0.151. The highest BCUT2D eigenvalue weighted by molar-refractivity contribution is 9.10. The predicted molar refractivity (Wildman–Crippen MR) is 68.5 cm³/mol. The first-order valence-corrected chi connectivity index (χ1v) is 6.60. The normalized spacial score (nSPS) is 11.2. The molecule has 0 bridgehead atoms. The molecule has 1 aromatic rings. The van der Waals surface area contributed by atoms with Crippen LogP contribution in [0.1, 0.15) is 20.8 Å². The van der Waals surface area contributed by atoms with Crippen molar-refractivity contribution in [3.8, 4) is 0 Å². The third kappa shape index (κ3) is 4.99. The lowest BCUT2D eigenvalue weighted by Crippen LogP contribution is -2.24. The number of hydrogen-bond donors (Lipinski definition) is 0. The van der Waals surface area contributed by atoms with Gasteiger partial charge in [-0.3, -0.25) is 9.78 Å². The van der Waals surface area contributed by atoms with Gasteiger partial charge in [0.25, 0.3) is 0 Å². The van der Waals surface area contributed by atoms with Gasteiger partial charge in [-0.15, -0.1) is 11.8 Å². The second kappa shape index (κ2) is 5.68. The van der Waals surface area contributed by atoms with Gasteiger partial charge in [0, 0.05) is 21.8 Å². The maximum atomic E-state index is 11.5. The Hall–Kier alpha value is -0.550. The molecule has 0 atom stereocenters. The molecule has 0 amide bonds. The van der Waals surface area contributed by atoms with Crippen LogP contribution >= 0.6 is 27.7 Å². The molecule has 0 N–H and O–H groups in total. The number of hydrogen-bond acceptors (Lipinski definition) is 4. The summed E-state index contributed by atoms with van der Waals surface area (Å²) in [6.45, 7) is 5.58. The SMILES string of the molecule is CC(C)(C)OC(=O)CSc1ccncc1Br. The van der Waals surface area contributed by atoms with Crippen molar-refractivity contribution >= 4 is 33.7 Å². The molecule has 16 heavy (non-hydrogen) atoms. The summed E-state index contributed by atoms with van der Waals surface area (Å²) < 4.78 is 6.10. The van der Waals surface area contributed by atoms with Crippen LogP contribution in [0.2, 0.25) is 0 Å². The van der Waals surface area contributed by atoms with Crippen LogP contribution in [0.4, 0.5) is 0 Å². The average Bonchev–Trinajstić information content (AvgIpc) is 2.14. The van der Waals surface area contributed by atoms with E-state index in [9.17, 15) is 4.79 Å². The van der Waals surface area contributed by atoms with E-state index in [-0.39, 0.29) is 5.97 Å². The van der Waals surface area contributed by atoms with Crippen molar-refractivity contribution in [1.82, 2.24) is 4.98 Å². The van der Waals surface area contributed by atoms with Crippen LogP contribution in [-0.2, 0) is 9.53 Å². The van der Waals surface area contributed by atoms with E-state index in [1.807, 2.05) is 26.8 Å². The number of nitrogens with zero attached hydrogens (tertiary/aromatic N) is 1. The van der Waals surface area contributed by atoms with Gasteiger partial charge in [-0.05, 0) is 42.8 Å². The van der Waals surface area contributed by atoms with Crippen molar-refractivity contribution in [2.75, 3.05) is 5.75 Å². The first-order valence-electron chi connectivity index (χ1n) is 4.82. The highest BCUT2D eigenvalue weighted by Crippen LogP contribution is 2.26. The Morgan fingerprint density at radius 3 is 2.81 bits per heavy atom. The standard InChI is InChI=1S/C11H14BrNO2S/c1-11(2,3)15-10(14)7-16-9-4-5-13-6-8(9)12/h4-6H,7H2,1-3H3. The third-order valence-corrected chi connectivity index (χ3v) is 3.44. The molecule has 0 saturated heterocycles. The molecule has 1 heterocycles. The number of ether oxygens (including phenoxy) is 1. The van der Waals surface area contributed by atoms with Gasteiger partial charge in [0.15, 0.2) is 0 Å². The predicted octanol–water partition coefficient (Wildman–Crippen LogP) is 3.28. The molecule has 88 valence electrons. The van der Waals surface area contributed by atoms with Crippen LogP contribution in [0.15, 0.2) is 27.8 Å². The minimum Gasteiger partial charge on any atom is -0.459 e. The van der Waals surface area contributed by atoms with Gasteiger partial charge < -0.3 is 4.74 Å². The molecular formula is C11H14BrNO2S. The van der Waals surface area contributed by atoms with Crippen LogP contribution in [0.3, 0.4) is 0 Å². The summed E-state index contributed by atoms with van der Waals surface area (Å²) in [5.41, 5.74) is -0.423. The number of carbonyl (C=O) groups is 1. The van der Waals surface area contributed by atoms with Gasteiger partial charge in [-0.25, -0.2) is 0 Å². The van der Waals surface area contributed by atoms with E-state index < -0.39 is 5.60 Å². The van der Waals surface area contributed by atoms with Crippen molar-refractivity contribution in [3.05, 3.63) is 22.9 Å². The molecule has 0 radical (unpaired) electrons. The largest absolute Gasteiger partial charge is 0.459 e. The molecule has 0 aliphatic rings. The molecule has 0 unspecified atom stereocenters. The highest BCUT2D eigenvalue weighted by Gasteiger charge is 2.16. The van der Waals surface area contributed by atoms with Crippen LogP contribution < -0.4 is 0 Å². The van der Waals surface area contributed by atoms with Crippen molar-refractivity contribution < 1.29 is 9.53 Å². The van der Waals surface area contributed by atoms with Gasteiger partial charge >= 0.3 is 5.97 Å². The zero-order chi connectivity index (χ0) is 12.2. The molecule has 5 heteroatoms. The lowest BCUT2D eigenvalue weighted by Gasteiger charge is -2.19. The number of esters is 1. The zero-order valence-electron chi connectivity index (χ0n) is 9.49. The van der Waals surface area contributed by atoms with Gasteiger partial charge in [0.1, 0.15) is 5.60 Å². The van der Waals surface area contributed by atoms with Gasteiger partial charge in [0.05, 0.1) is 5.75 Å². The summed E-state index contributed by atoms with van der Waals surface area (Å²) in [4.78, 5) is 16.4. The van der Waals surface area contributed by atoms with Gasteiger partial charge in [-0.1, -0.05) is 0 Å². The molecule has 3 nitrogen and oxygen atoms in total. The summed E-state index contributed by atoms with van der Waals surface area (Å²) in [5, 5.41) is 0. The minimum absolute atomic E-state index is 0.207. The lowest BCUT2D eigenvalue weighted by atomic mass is 10.2. The third-order valence-electron chi connectivity index (χ3n) is 1.50. The summed E-state index contributed by atoms with van der Waals surface area (Å²) >= 11 is 4.81. The molecule has 0 spiro atoms. The Morgan fingerprint density at radius 1 is 1.56 bits per heavy atom. The van der Waals surface area contributed by atoms with Crippen molar-refractivity contribution in [2.24, 2.45) is 0 Å². The Morgan fingerprint density at radius 2 is 2.25 bits per heavy atom. The summed E-state index contributed by atoms with van der Waals surface area (Å²) in [5.74, 6) is 0.0982. The summed E-state index contributed by atoms with van der Waals surface area (Å²) in [6, 6.07) is 1.86. The summed E-state index contributed by atoms with van der Waals surface area (Å²) in [7, 11) is 0. The number of halogens is 1. The van der Waals surface area contributed by atoms with E-state index in [4.69, 9.17) is 4.74 Å². The number of rotatable bonds is 3. The number of thioether (sulfide) groups is 1. The quantitative estimate of drug-likeness (QED) is 0.634. The molecule has 0 saturated carbocycles. The number of aromatic nitrogens is 1. The van der Waals surface area contributed by atoms with Gasteiger partial charge in [-0.2, -0.15) is 0 Å². The van der Waals surface area contributed by atoms with Crippen molar-refractivity contribution in [1.29, 1.82) is 0 Å². The van der Waals surface area contributed by atoms with Crippen LogP contribution in [0.25, 0.3) is 0 Å². The second-order valence-electron chi connectivity index (χ2n) is 4.18.